The van der Waals surface area contributed by atoms with E-state index < -0.39 is 0 Å². The quantitative estimate of drug-likeness (QED) is 0.803. The summed E-state index contributed by atoms with van der Waals surface area (Å²) in [5.74, 6) is 0. The fourth-order valence-electron chi connectivity index (χ4n) is 3.37. The highest BCUT2D eigenvalue weighted by Gasteiger charge is 2.51. The normalized spacial score (nSPS) is 25.9. The molecule has 0 aliphatic carbocycles. The van der Waals surface area contributed by atoms with Crippen LogP contribution in [0, 0.1) is 0 Å². The second kappa shape index (κ2) is 5.03. The molecule has 1 heterocycles. The van der Waals surface area contributed by atoms with Gasteiger partial charge < -0.3 is 5.73 Å². The summed E-state index contributed by atoms with van der Waals surface area (Å²) >= 11 is 0. The van der Waals surface area contributed by atoms with Crippen molar-refractivity contribution < 1.29 is 5.21 Å². The van der Waals surface area contributed by atoms with Gasteiger partial charge in [0.1, 0.15) is 0 Å². The van der Waals surface area contributed by atoms with Gasteiger partial charge in [-0.05, 0) is 38.5 Å². The van der Waals surface area contributed by atoms with E-state index in [4.69, 9.17) is 5.73 Å². The van der Waals surface area contributed by atoms with Crippen molar-refractivity contribution in [2.45, 2.75) is 83.3 Å². The minimum Gasteiger partial charge on any atom is -0.328 e. The Morgan fingerprint density at radius 3 is 1.56 bits per heavy atom. The molecule has 2 N–H and O–H groups in total. The Labute approximate surface area is 100.0 Å². The summed E-state index contributed by atoms with van der Waals surface area (Å²) < 4.78 is 0. The second-order valence-electron chi connectivity index (χ2n) is 5.33. The molecule has 16 heavy (non-hydrogen) atoms. The smallest absolute Gasteiger partial charge is 0.0509 e. The lowest BCUT2D eigenvalue weighted by Crippen LogP contribution is -2.65. The molecule has 0 bridgehead atoms. The highest BCUT2D eigenvalue weighted by atomic mass is 16.5. The number of nitrogens with zero attached hydrogens (tertiary/aromatic N) is 1. The van der Waals surface area contributed by atoms with Crippen molar-refractivity contribution in [3.05, 3.63) is 0 Å². The lowest BCUT2D eigenvalue weighted by atomic mass is 9.71. The molecule has 0 spiro atoms. The Bertz CT molecular complexity index is 200. The molecule has 95 valence electrons. The molecule has 1 saturated heterocycles. The molecule has 0 saturated carbocycles. The molecule has 0 unspecified atom stereocenters. The topological polar surface area (TPSA) is 49.2 Å². The van der Waals surface area contributed by atoms with Gasteiger partial charge in [-0.25, -0.2) is 0 Å². The zero-order valence-electron chi connectivity index (χ0n) is 11.3. The summed E-state index contributed by atoms with van der Waals surface area (Å²) in [5.41, 5.74) is 5.75. The van der Waals surface area contributed by atoms with E-state index in [1.165, 1.54) is 5.06 Å². The average Bonchev–Trinajstić information content (AvgIpc) is 2.32. The number of rotatable bonds is 4. The highest BCUT2D eigenvalue weighted by Crippen LogP contribution is 2.44. The van der Waals surface area contributed by atoms with Crippen molar-refractivity contribution in [3.63, 3.8) is 0 Å². The Morgan fingerprint density at radius 2 is 1.31 bits per heavy atom. The van der Waals surface area contributed by atoms with Crippen molar-refractivity contribution in [1.82, 2.24) is 5.06 Å². The van der Waals surface area contributed by atoms with Crippen molar-refractivity contribution in [1.29, 1.82) is 0 Å². The predicted octanol–water partition coefficient (Wildman–Crippen LogP) is 2.87. The zero-order chi connectivity index (χ0) is 12.4. The van der Waals surface area contributed by atoms with Crippen LogP contribution in [0.25, 0.3) is 0 Å². The maximum Gasteiger partial charge on any atom is 0.0509 e. The van der Waals surface area contributed by atoms with Gasteiger partial charge in [0.25, 0.3) is 0 Å². The largest absolute Gasteiger partial charge is 0.328 e. The Balaban J connectivity index is 3.06. The third-order valence-electron chi connectivity index (χ3n) is 4.78. The number of nitrogens with two attached hydrogens (primary N) is 1. The lowest BCUT2D eigenvalue weighted by molar-refractivity contribution is -0.310. The van der Waals surface area contributed by atoms with Crippen molar-refractivity contribution in [2.75, 3.05) is 0 Å². The number of hydrogen-bond donors (Lipinski definition) is 1. The van der Waals surface area contributed by atoms with E-state index in [1.807, 2.05) is 0 Å². The molecule has 1 radical (unpaired) electrons. The van der Waals surface area contributed by atoms with E-state index in [0.717, 1.165) is 38.5 Å². The summed E-state index contributed by atoms with van der Waals surface area (Å²) in [6, 6.07) is 0.185. The van der Waals surface area contributed by atoms with Crippen LogP contribution in [0.15, 0.2) is 0 Å². The molecule has 1 aliphatic heterocycles. The van der Waals surface area contributed by atoms with Gasteiger partial charge in [-0.1, -0.05) is 27.7 Å². The van der Waals surface area contributed by atoms with Crippen LogP contribution >= 0.6 is 0 Å². The van der Waals surface area contributed by atoms with Crippen LogP contribution in [0.2, 0.25) is 0 Å². The molecule has 3 nitrogen and oxygen atoms in total. The van der Waals surface area contributed by atoms with Crippen molar-refractivity contribution in [3.8, 4) is 0 Å². The lowest BCUT2D eigenvalue weighted by Gasteiger charge is -2.54. The maximum absolute atomic E-state index is 12.7. The summed E-state index contributed by atoms with van der Waals surface area (Å²) in [5, 5.41) is 14.1. The van der Waals surface area contributed by atoms with Crippen LogP contribution < -0.4 is 5.73 Å². The van der Waals surface area contributed by atoms with Crippen LogP contribution in [0.3, 0.4) is 0 Å². The summed E-state index contributed by atoms with van der Waals surface area (Å²) in [6.07, 6.45) is 5.33. The fourth-order valence-corrected chi connectivity index (χ4v) is 3.37. The van der Waals surface area contributed by atoms with E-state index in [9.17, 15) is 5.21 Å². The third-order valence-corrected chi connectivity index (χ3v) is 4.78. The van der Waals surface area contributed by atoms with Gasteiger partial charge in [0, 0.05) is 6.04 Å². The number of hydrogen-bond acceptors (Lipinski definition) is 2. The molecular weight excluding hydrogens is 200 g/mol. The summed E-state index contributed by atoms with van der Waals surface area (Å²) in [6.45, 7) is 8.45. The van der Waals surface area contributed by atoms with E-state index in [1.54, 1.807) is 0 Å². The Kier molecular flexibility index (Phi) is 4.38. The van der Waals surface area contributed by atoms with Gasteiger partial charge in [0.05, 0.1) is 11.1 Å². The van der Waals surface area contributed by atoms with E-state index in [0.29, 0.717) is 0 Å². The first kappa shape index (κ1) is 13.9. The predicted molar refractivity (Wildman–Crippen MR) is 66.4 cm³/mol. The minimum absolute atomic E-state index is 0.185. The van der Waals surface area contributed by atoms with Crippen LogP contribution in [0.4, 0.5) is 0 Å². The molecule has 0 aromatic rings. The first-order valence-electron chi connectivity index (χ1n) is 6.73. The van der Waals surface area contributed by atoms with Gasteiger partial charge in [-0.15, -0.1) is 10.3 Å². The molecule has 0 amide bonds. The average molecular weight is 227 g/mol. The SMILES string of the molecule is CCC1(CC)CC(N)CC(CC)(CC)N1[O]. The van der Waals surface area contributed by atoms with Crippen molar-refractivity contribution >= 4 is 0 Å². The second-order valence-corrected chi connectivity index (χ2v) is 5.33. The number of hydroxylamine groups is 2. The number of piperidine rings is 1. The van der Waals surface area contributed by atoms with Gasteiger partial charge in [0.2, 0.25) is 0 Å². The first-order valence-corrected chi connectivity index (χ1v) is 6.73. The van der Waals surface area contributed by atoms with Gasteiger partial charge in [-0.2, -0.15) is 0 Å². The third kappa shape index (κ3) is 2.01. The standard InChI is InChI=1S/C13H27N2O/c1-5-12(6-2)9-11(14)10-13(7-3,8-4)15(12)16/h11H,5-10,14H2,1-4H3. The van der Waals surface area contributed by atoms with E-state index >= 15 is 0 Å². The monoisotopic (exact) mass is 227 g/mol. The van der Waals surface area contributed by atoms with E-state index in [-0.39, 0.29) is 17.1 Å². The molecule has 3 heteroatoms. The molecule has 0 aromatic heterocycles. The van der Waals surface area contributed by atoms with Gasteiger partial charge in [-0.3, -0.25) is 0 Å². The molecule has 1 aliphatic rings. The first-order chi connectivity index (χ1) is 7.50. The molecule has 0 aromatic carbocycles. The fraction of sp³-hybridized carbons (Fsp3) is 1.00. The Morgan fingerprint density at radius 1 is 1.00 bits per heavy atom. The maximum atomic E-state index is 12.7. The molecule has 1 fully saturated rings. The zero-order valence-corrected chi connectivity index (χ0v) is 11.3. The van der Waals surface area contributed by atoms with Crippen LogP contribution in [0.5, 0.6) is 0 Å². The minimum atomic E-state index is -0.219. The molecular formula is C13H27N2O. The van der Waals surface area contributed by atoms with Crippen LogP contribution in [0.1, 0.15) is 66.2 Å². The molecule has 1 rings (SSSR count). The molecule has 0 atom stereocenters. The van der Waals surface area contributed by atoms with Gasteiger partial charge in [0.15, 0.2) is 0 Å². The van der Waals surface area contributed by atoms with Crippen molar-refractivity contribution in [2.24, 2.45) is 5.73 Å². The van der Waals surface area contributed by atoms with Crippen LogP contribution in [-0.4, -0.2) is 22.2 Å². The highest BCUT2D eigenvalue weighted by molar-refractivity contribution is 5.03. The summed E-state index contributed by atoms with van der Waals surface area (Å²) in [7, 11) is 0. The Hall–Kier alpha value is -0.120. The van der Waals surface area contributed by atoms with E-state index in [2.05, 4.69) is 27.7 Å². The van der Waals surface area contributed by atoms with Crippen LogP contribution in [-0.2, 0) is 5.21 Å². The van der Waals surface area contributed by atoms with Gasteiger partial charge >= 0.3 is 0 Å². The summed E-state index contributed by atoms with van der Waals surface area (Å²) in [4.78, 5) is 0.